The number of pyridine rings is 1. The number of methoxy groups -OCH3 is 1. The normalized spacial score (nSPS) is 16.0. The van der Waals surface area contributed by atoms with E-state index in [0.717, 1.165) is 10.6 Å². The number of nitrogens with one attached hydrogen (secondary N) is 2. The van der Waals surface area contributed by atoms with Gasteiger partial charge in [-0.3, -0.25) is 19.5 Å². The van der Waals surface area contributed by atoms with Crippen molar-refractivity contribution in [3.8, 4) is 5.75 Å². The molecule has 1 unspecified atom stereocenters. The van der Waals surface area contributed by atoms with Gasteiger partial charge in [0.25, 0.3) is 5.91 Å². The van der Waals surface area contributed by atoms with Crippen molar-refractivity contribution in [1.29, 1.82) is 0 Å². The van der Waals surface area contributed by atoms with Gasteiger partial charge in [-0.15, -0.1) is 0 Å². The molecule has 1 aromatic carbocycles. The second-order valence-electron chi connectivity index (χ2n) is 6.36. The fourth-order valence-corrected chi connectivity index (χ4v) is 3.00. The van der Waals surface area contributed by atoms with Crippen LogP contribution in [0.15, 0.2) is 48.7 Å². The summed E-state index contributed by atoms with van der Waals surface area (Å²) >= 11 is 0. The Labute approximate surface area is 162 Å². The Morgan fingerprint density at radius 1 is 1.21 bits per heavy atom. The number of rotatable bonds is 8. The Bertz CT molecular complexity index is 856. The molecule has 0 bridgehead atoms. The minimum atomic E-state index is -0.864. The number of aromatic nitrogens is 1. The zero-order valence-electron chi connectivity index (χ0n) is 15.6. The van der Waals surface area contributed by atoms with Crippen LogP contribution in [-0.2, 0) is 22.6 Å². The molecule has 0 radical (unpaired) electrons. The molecule has 2 N–H and O–H groups in total. The second-order valence-corrected chi connectivity index (χ2v) is 6.36. The molecule has 0 saturated carbocycles. The second kappa shape index (κ2) is 8.98. The van der Waals surface area contributed by atoms with Gasteiger partial charge in [-0.2, -0.15) is 0 Å². The summed E-state index contributed by atoms with van der Waals surface area (Å²) in [5.74, 6) is -0.122. The van der Waals surface area contributed by atoms with E-state index in [1.807, 2.05) is 30.3 Å². The number of carbonyl (C=O) groups is 3. The number of para-hydroxylation sites is 1. The Morgan fingerprint density at radius 2 is 2.00 bits per heavy atom. The van der Waals surface area contributed by atoms with Crippen LogP contribution in [0.4, 0.5) is 4.79 Å². The number of urea groups is 1. The van der Waals surface area contributed by atoms with Gasteiger partial charge < -0.3 is 15.4 Å². The molecule has 1 fully saturated rings. The number of carbonyl (C=O) groups excluding carboxylic acids is 3. The molecule has 28 heavy (non-hydrogen) atoms. The SMILES string of the molecule is COc1ccccc1CN1C(=O)NC(CC(=O)NCCc2ccccn2)C1=O. The highest BCUT2D eigenvalue weighted by molar-refractivity contribution is 6.05. The maximum absolute atomic E-state index is 12.6. The van der Waals surface area contributed by atoms with Gasteiger partial charge in [-0.25, -0.2) is 4.79 Å². The first-order chi connectivity index (χ1) is 13.6. The van der Waals surface area contributed by atoms with Crippen LogP contribution in [0.2, 0.25) is 0 Å². The lowest BCUT2D eigenvalue weighted by atomic mass is 10.1. The Balaban J connectivity index is 1.52. The summed E-state index contributed by atoms with van der Waals surface area (Å²) in [6.45, 7) is 0.502. The molecule has 1 aliphatic rings. The number of benzene rings is 1. The van der Waals surface area contributed by atoms with E-state index < -0.39 is 18.0 Å². The highest BCUT2D eigenvalue weighted by Crippen LogP contribution is 2.21. The minimum absolute atomic E-state index is 0.0898. The van der Waals surface area contributed by atoms with E-state index in [9.17, 15) is 14.4 Å². The molecule has 0 aliphatic carbocycles. The van der Waals surface area contributed by atoms with E-state index in [-0.39, 0.29) is 18.9 Å². The number of ether oxygens (including phenoxy) is 1. The molecule has 1 saturated heterocycles. The number of imide groups is 1. The summed E-state index contributed by atoms with van der Waals surface area (Å²) in [5, 5.41) is 5.33. The highest BCUT2D eigenvalue weighted by Gasteiger charge is 2.39. The van der Waals surface area contributed by atoms with Crippen molar-refractivity contribution in [2.45, 2.75) is 25.4 Å². The van der Waals surface area contributed by atoms with Crippen molar-refractivity contribution in [1.82, 2.24) is 20.5 Å². The van der Waals surface area contributed by atoms with Gasteiger partial charge in [-0.05, 0) is 18.2 Å². The van der Waals surface area contributed by atoms with E-state index in [0.29, 0.717) is 24.3 Å². The lowest BCUT2D eigenvalue weighted by Crippen LogP contribution is -2.37. The molecule has 0 spiro atoms. The van der Waals surface area contributed by atoms with Gasteiger partial charge >= 0.3 is 6.03 Å². The first-order valence-electron chi connectivity index (χ1n) is 8.99. The van der Waals surface area contributed by atoms with Gasteiger partial charge in [0, 0.05) is 30.4 Å². The summed E-state index contributed by atoms with van der Waals surface area (Å²) in [6.07, 6.45) is 2.19. The van der Waals surface area contributed by atoms with E-state index >= 15 is 0 Å². The average molecular weight is 382 g/mol. The summed E-state index contributed by atoms with van der Waals surface area (Å²) in [6, 6.07) is 11.4. The molecule has 2 aromatic rings. The standard InChI is InChI=1S/C20H22N4O4/c1-28-17-8-3-2-6-14(17)13-24-19(26)16(23-20(24)27)12-18(25)22-11-9-15-7-4-5-10-21-15/h2-8,10,16H,9,11-13H2,1H3,(H,22,25)(H,23,27). The molecule has 4 amide bonds. The van der Waals surface area contributed by atoms with Gasteiger partial charge in [0.15, 0.2) is 0 Å². The number of nitrogens with zero attached hydrogens (tertiary/aromatic N) is 2. The maximum Gasteiger partial charge on any atom is 0.325 e. The Morgan fingerprint density at radius 3 is 2.75 bits per heavy atom. The molecule has 8 heteroatoms. The van der Waals surface area contributed by atoms with Crippen LogP contribution in [-0.4, -0.2) is 47.4 Å². The van der Waals surface area contributed by atoms with Crippen LogP contribution in [0.25, 0.3) is 0 Å². The molecular weight excluding hydrogens is 360 g/mol. The quantitative estimate of drug-likeness (QED) is 0.670. The van der Waals surface area contributed by atoms with Gasteiger partial charge in [0.1, 0.15) is 11.8 Å². The smallest absolute Gasteiger partial charge is 0.325 e. The molecule has 1 aliphatic heterocycles. The topological polar surface area (TPSA) is 101 Å². The van der Waals surface area contributed by atoms with Crippen LogP contribution >= 0.6 is 0 Å². The molecule has 2 heterocycles. The highest BCUT2D eigenvalue weighted by atomic mass is 16.5. The molecule has 146 valence electrons. The van der Waals surface area contributed by atoms with Crippen LogP contribution in [0, 0.1) is 0 Å². The fraction of sp³-hybridized carbons (Fsp3) is 0.300. The van der Waals surface area contributed by atoms with Crippen molar-refractivity contribution in [2.24, 2.45) is 0 Å². The maximum atomic E-state index is 12.6. The largest absolute Gasteiger partial charge is 0.496 e. The van der Waals surface area contributed by atoms with E-state index in [4.69, 9.17) is 4.74 Å². The van der Waals surface area contributed by atoms with Crippen molar-refractivity contribution in [3.63, 3.8) is 0 Å². The predicted octanol–water partition coefficient (Wildman–Crippen LogP) is 1.26. The Hall–Kier alpha value is -3.42. The van der Waals surface area contributed by atoms with Crippen LogP contribution in [0.1, 0.15) is 17.7 Å². The van der Waals surface area contributed by atoms with Crippen LogP contribution in [0.3, 0.4) is 0 Å². The molecule has 1 atom stereocenters. The summed E-state index contributed by atoms with van der Waals surface area (Å²) in [5.41, 5.74) is 1.59. The lowest BCUT2D eigenvalue weighted by molar-refractivity contribution is -0.131. The zero-order chi connectivity index (χ0) is 19.9. The summed E-state index contributed by atoms with van der Waals surface area (Å²) in [7, 11) is 1.53. The number of hydrogen-bond acceptors (Lipinski definition) is 5. The number of hydrogen-bond donors (Lipinski definition) is 2. The first kappa shape index (κ1) is 19.3. The molecule has 1 aromatic heterocycles. The third-order valence-corrected chi connectivity index (χ3v) is 4.45. The van der Waals surface area contributed by atoms with Crippen molar-refractivity contribution >= 4 is 17.8 Å². The summed E-state index contributed by atoms with van der Waals surface area (Å²) < 4.78 is 5.26. The van der Waals surface area contributed by atoms with Gasteiger partial charge in [0.05, 0.1) is 20.1 Å². The molecule has 3 rings (SSSR count). The fourth-order valence-electron chi connectivity index (χ4n) is 3.00. The monoisotopic (exact) mass is 382 g/mol. The van der Waals surface area contributed by atoms with Crippen molar-refractivity contribution in [2.75, 3.05) is 13.7 Å². The van der Waals surface area contributed by atoms with Gasteiger partial charge in [-0.1, -0.05) is 24.3 Å². The molecular formula is C20H22N4O4. The van der Waals surface area contributed by atoms with E-state index in [1.54, 1.807) is 18.3 Å². The lowest BCUT2D eigenvalue weighted by Gasteiger charge is -2.15. The third-order valence-electron chi connectivity index (χ3n) is 4.45. The van der Waals surface area contributed by atoms with Crippen LogP contribution < -0.4 is 15.4 Å². The minimum Gasteiger partial charge on any atom is -0.496 e. The average Bonchev–Trinajstić information content (AvgIpc) is 2.96. The van der Waals surface area contributed by atoms with E-state index in [1.165, 1.54) is 7.11 Å². The molecule has 8 nitrogen and oxygen atoms in total. The predicted molar refractivity (Wildman–Crippen MR) is 101 cm³/mol. The van der Waals surface area contributed by atoms with Crippen molar-refractivity contribution in [3.05, 3.63) is 59.9 Å². The zero-order valence-corrected chi connectivity index (χ0v) is 15.6. The third kappa shape index (κ3) is 4.64. The first-order valence-corrected chi connectivity index (χ1v) is 8.99. The number of amides is 4. The van der Waals surface area contributed by atoms with E-state index in [2.05, 4.69) is 15.6 Å². The van der Waals surface area contributed by atoms with Gasteiger partial charge in [0.2, 0.25) is 5.91 Å². The van der Waals surface area contributed by atoms with Crippen molar-refractivity contribution < 1.29 is 19.1 Å². The Kier molecular flexibility index (Phi) is 6.21. The van der Waals surface area contributed by atoms with Crippen LogP contribution in [0.5, 0.6) is 5.75 Å². The summed E-state index contributed by atoms with van der Waals surface area (Å²) in [4.78, 5) is 42.2.